The van der Waals surface area contributed by atoms with Crippen molar-refractivity contribution in [2.75, 3.05) is 0 Å². The SMILES string of the molecule is [C-]#[N+]C(CCC(O)CCCCCC)C1CCC(C2CCC(CCCCC)CC2)CC1. The van der Waals surface area contributed by atoms with Crippen LogP contribution in [-0.4, -0.2) is 17.3 Å². The van der Waals surface area contributed by atoms with Gasteiger partial charge < -0.3 is 9.95 Å². The molecule has 30 heavy (non-hydrogen) atoms. The van der Waals surface area contributed by atoms with Crippen LogP contribution in [0.15, 0.2) is 0 Å². The molecule has 174 valence electrons. The molecule has 1 N–H and O–H groups in total. The standard InChI is InChI=1S/C28H51NO/c1-4-6-8-10-12-27(30)21-22-28(29-3)26-19-17-25(18-20-26)24-15-13-23(14-16-24)11-9-7-5-2/h23-28,30H,4-22H2,1-2H3. The van der Waals surface area contributed by atoms with Crippen molar-refractivity contribution in [1.29, 1.82) is 0 Å². The van der Waals surface area contributed by atoms with E-state index in [0.717, 1.165) is 43.4 Å². The highest BCUT2D eigenvalue weighted by Crippen LogP contribution is 2.43. The molecule has 0 amide bonds. The van der Waals surface area contributed by atoms with E-state index >= 15 is 0 Å². The average Bonchev–Trinajstić information content (AvgIpc) is 2.78. The Balaban J connectivity index is 1.62. The average molecular weight is 418 g/mol. The maximum atomic E-state index is 10.3. The largest absolute Gasteiger partial charge is 0.393 e. The molecule has 0 heterocycles. The van der Waals surface area contributed by atoms with Crippen molar-refractivity contribution in [3.63, 3.8) is 0 Å². The Morgan fingerprint density at radius 1 is 0.733 bits per heavy atom. The molecule has 2 saturated carbocycles. The number of aliphatic hydroxyl groups excluding tert-OH is 1. The molecule has 0 aromatic heterocycles. The monoisotopic (exact) mass is 417 g/mol. The topological polar surface area (TPSA) is 24.6 Å². The van der Waals surface area contributed by atoms with E-state index in [1.165, 1.54) is 96.3 Å². The normalized spacial score (nSPS) is 29.3. The maximum absolute atomic E-state index is 10.3. The number of aliphatic hydroxyl groups is 1. The molecule has 0 aromatic rings. The minimum Gasteiger partial charge on any atom is -0.393 e. The van der Waals surface area contributed by atoms with Crippen molar-refractivity contribution in [3.8, 4) is 0 Å². The Kier molecular flexibility index (Phi) is 13.1. The molecular formula is C28H51NO. The summed E-state index contributed by atoms with van der Waals surface area (Å²) in [6.07, 6.45) is 24.3. The molecular weight excluding hydrogens is 366 g/mol. The predicted molar refractivity (Wildman–Crippen MR) is 129 cm³/mol. The second-order valence-corrected chi connectivity index (χ2v) is 10.7. The van der Waals surface area contributed by atoms with Crippen molar-refractivity contribution in [1.82, 2.24) is 0 Å². The van der Waals surface area contributed by atoms with Crippen molar-refractivity contribution >= 4 is 0 Å². The molecule has 2 aliphatic carbocycles. The van der Waals surface area contributed by atoms with Crippen molar-refractivity contribution in [2.24, 2.45) is 23.7 Å². The molecule has 0 saturated heterocycles. The van der Waals surface area contributed by atoms with Gasteiger partial charge in [0.15, 0.2) is 0 Å². The van der Waals surface area contributed by atoms with Crippen LogP contribution in [0.4, 0.5) is 0 Å². The summed E-state index contributed by atoms with van der Waals surface area (Å²) in [6.45, 7) is 12.2. The Bertz CT molecular complexity index is 454. The highest BCUT2D eigenvalue weighted by molar-refractivity contribution is 4.91. The minimum absolute atomic E-state index is 0.158. The molecule has 0 aliphatic heterocycles. The zero-order chi connectivity index (χ0) is 21.6. The molecule has 2 fully saturated rings. The van der Waals surface area contributed by atoms with Gasteiger partial charge in [-0.25, -0.2) is 6.57 Å². The van der Waals surface area contributed by atoms with E-state index in [9.17, 15) is 5.11 Å². The van der Waals surface area contributed by atoms with E-state index in [0.29, 0.717) is 5.92 Å². The third-order valence-electron chi connectivity index (χ3n) is 8.49. The van der Waals surface area contributed by atoms with Gasteiger partial charge in [0.05, 0.1) is 6.10 Å². The fourth-order valence-electron chi connectivity index (χ4n) is 6.35. The first-order chi connectivity index (χ1) is 14.7. The fraction of sp³-hybridized carbons (Fsp3) is 0.964. The zero-order valence-electron chi connectivity index (χ0n) is 20.3. The summed E-state index contributed by atoms with van der Waals surface area (Å²) in [6, 6.07) is 0.158. The van der Waals surface area contributed by atoms with Gasteiger partial charge in [-0.2, -0.15) is 0 Å². The molecule has 2 unspecified atom stereocenters. The molecule has 2 nitrogen and oxygen atoms in total. The lowest BCUT2D eigenvalue weighted by Crippen LogP contribution is -2.29. The number of unbranched alkanes of at least 4 members (excludes halogenated alkanes) is 5. The van der Waals surface area contributed by atoms with Crippen LogP contribution in [0.5, 0.6) is 0 Å². The summed E-state index contributed by atoms with van der Waals surface area (Å²) in [4.78, 5) is 4.02. The molecule has 0 spiro atoms. The maximum Gasteiger partial charge on any atom is 0.226 e. The number of hydrogen-bond acceptors (Lipinski definition) is 1. The van der Waals surface area contributed by atoms with Crippen LogP contribution in [-0.2, 0) is 0 Å². The Labute approximate surface area is 188 Å². The minimum atomic E-state index is -0.185. The van der Waals surface area contributed by atoms with Crippen LogP contribution in [0.3, 0.4) is 0 Å². The van der Waals surface area contributed by atoms with E-state index in [2.05, 4.69) is 18.7 Å². The van der Waals surface area contributed by atoms with Gasteiger partial charge >= 0.3 is 0 Å². The highest BCUT2D eigenvalue weighted by atomic mass is 16.3. The van der Waals surface area contributed by atoms with E-state index in [1.54, 1.807) is 0 Å². The summed E-state index contributed by atoms with van der Waals surface area (Å²) in [5.74, 6) is 3.53. The summed E-state index contributed by atoms with van der Waals surface area (Å²) in [5, 5.41) is 10.3. The van der Waals surface area contributed by atoms with Gasteiger partial charge in [-0.15, -0.1) is 0 Å². The van der Waals surface area contributed by atoms with Crippen LogP contribution >= 0.6 is 0 Å². The quantitative estimate of drug-likeness (QED) is 0.222. The van der Waals surface area contributed by atoms with Crippen molar-refractivity contribution < 1.29 is 5.11 Å². The molecule has 0 bridgehead atoms. The summed E-state index contributed by atoms with van der Waals surface area (Å²) in [5.41, 5.74) is 0. The van der Waals surface area contributed by atoms with Crippen LogP contribution in [0, 0.1) is 30.2 Å². The zero-order valence-corrected chi connectivity index (χ0v) is 20.3. The number of nitrogens with zero attached hydrogens (tertiary/aromatic N) is 1. The summed E-state index contributed by atoms with van der Waals surface area (Å²) < 4.78 is 0. The third kappa shape index (κ3) is 9.30. The first-order valence-electron chi connectivity index (χ1n) is 13.7. The van der Waals surface area contributed by atoms with Gasteiger partial charge in [-0.1, -0.05) is 78.1 Å². The van der Waals surface area contributed by atoms with Crippen molar-refractivity contribution in [2.45, 2.75) is 148 Å². The van der Waals surface area contributed by atoms with Crippen LogP contribution in [0.25, 0.3) is 4.85 Å². The predicted octanol–water partition coefficient (Wildman–Crippen LogP) is 8.58. The first-order valence-corrected chi connectivity index (χ1v) is 13.7. The van der Waals surface area contributed by atoms with Crippen LogP contribution < -0.4 is 0 Å². The molecule has 0 aromatic carbocycles. The van der Waals surface area contributed by atoms with Crippen LogP contribution in [0.2, 0.25) is 0 Å². The molecule has 0 radical (unpaired) electrons. The summed E-state index contributed by atoms with van der Waals surface area (Å²) in [7, 11) is 0. The second-order valence-electron chi connectivity index (χ2n) is 10.7. The lowest BCUT2D eigenvalue weighted by molar-refractivity contribution is 0.126. The third-order valence-corrected chi connectivity index (χ3v) is 8.49. The molecule has 2 heteroatoms. The van der Waals surface area contributed by atoms with Gasteiger partial charge in [0, 0.05) is 12.3 Å². The Morgan fingerprint density at radius 2 is 1.33 bits per heavy atom. The van der Waals surface area contributed by atoms with Gasteiger partial charge in [-0.05, 0) is 69.1 Å². The molecule has 2 atom stereocenters. The van der Waals surface area contributed by atoms with Gasteiger partial charge in [0.2, 0.25) is 6.04 Å². The van der Waals surface area contributed by atoms with E-state index < -0.39 is 0 Å². The number of rotatable bonds is 14. The fourth-order valence-corrected chi connectivity index (χ4v) is 6.35. The van der Waals surface area contributed by atoms with E-state index in [-0.39, 0.29) is 12.1 Å². The number of hydrogen-bond donors (Lipinski definition) is 1. The van der Waals surface area contributed by atoms with Crippen molar-refractivity contribution in [3.05, 3.63) is 11.4 Å². The first kappa shape index (κ1) is 25.7. The second kappa shape index (κ2) is 15.3. The van der Waals surface area contributed by atoms with E-state index in [4.69, 9.17) is 6.57 Å². The van der Waals surface area contributed by atoms with Gasteiger partial charge in [-0.3, -0.25) is 0 Å². The molecule has 2 aliphatic rings. The van der Waals surface area contributed by atoms with Gasteiger partial charge in [0.25, 0.3) is 0 Å². The highest BCUT2D eigenvalue weighted by Gasteiger charge is 2.35. The van der Waals surface area contributed by atoms with Crippen LogP contribution in [0.1, 0.15) is 136 Å². The smallest absolute Gasteiger partial charge is 0.226 e. The lowest BCUT2D eigenvalue weighted by atomic mass is 9.67. The van der Waals surface area contributed by atoms with E-state index in [1.807, 2.05) is 0 Å². The summed E-state index contributed by atoms with van der Waals surface area (Å²) >= 11 is 0. The Morgan fingerprint density at radius 3 is 1.93 bits per heavy atom. The van der Waals surface area contributed by atoms with Gasteiger partial charge in [0.1, 0.15) is 0 Å². The Hall–Kier alpha value is -0.550. The molecule has 2 rings (SSSR count). The lowest BCUT2D eigenvalue weighted by Gasteiger charge is -2.38.